The zero-order chi connectivity index (χ0) is 16.0. The highest BCUT2D eigenvalue weighted by atomic mass is 79.9. The van der Waals surface area contributed by atoms with Crippen LogP contribution in [0.2, 0.25) is 0 Å². The summed E-state index contributed by atoms with van der Waals surface area (Å²) < 4.78 is 2.38. The van der Waals surface area contributed by atoms with Crippen molar-refractivity contribution in [2.45, 2.75) is 44.9 Å². The summed E-state index contributed by atoms with van der Waals surface area (Å²) in [6.45, 7) is 2.36. The van der Waals surface area contributed by atoms with E-state index in [1.807, 2.05) is 0 Å². The Hall–Kier alpha value is -0.600. The molecule has 120 valence electrons. The molecule has 3 unspecified atom stereocenters. The van der Waals surface area contributed by atoms with E-state index in [9.17, 15) is 0 Å². The fourth-order valence-corrected chi connectivity index (χ4v) is 5.53. The van der Waals surface area contributed by atoms with Gasteiger partial charge in [-0.3, -0.25) is 0 Å². The quantitative estimate of drug-likeness (QED) is 0.464. The van der Waals surface area contributed by atoms with Crippen molar-refractivity contribution in [3.63, 3.8) is 0 Å². The van der Waals surface area contributed by atoms with Gasteiger partial charge in [-0.05, 0) is 90.0 Å². The molecule has 1 fully saturated rings. The van der Waals surface area contributed by atoms with E-state index in [1.54, 1.807) is 11.1 Å². The molecule has 2 aliphatic carbocycles. The summed E-state index contributed by atoms with van der Waals surface area (Å²) in [7, 11) is 0. The Balaban J connectivity index is 1.74. The highest BCUT2D eigenvalue weighted by molar-refractivity contribution is 9.10. The van der Waals surface area contributed by atoms with Gasteiger partial charge in [0.1, 0.15) is 0 Å². The minimum absolute atomic E-state index is 0.790. The van der Waals surface area contributed by atoms with Gasteiger partial charge in [0, 0.05) is 8.95 Å². The standard InChI is InChI=1S/C21H22Br2/c1-2-13-7-14-9-16(8-13)19-12-21(23)20(11-17(19)10-14)15-3-5-18(22)6-4-15/h3-6,11-14,16H,2,7-10H2,1H3. The first-order chi connectivity index (χ1) is 11.1. The minimum Gasteiger partial charge on any atom is -0.0651 e. The van der Waals surface area contributed by atoms with Crippen LogP contribution in [0.1, 0.15) is 49.7 Å². The van der Waals surface area contributed by atoms with Gasteiger partial charge in [0.2, 0.25) is 0 Å². The third-order valence-electron chi connectivity index (χ3n) is 5.81. The average molecular weight is 434 g/mol. The molecule has 0 heterocycles. The molecule has 3 atom stereocenters. The number of rotatable bonds is 2. The third-order valence-corrected chi connectivity index (χ3v) is 7.00. The lowest BCUT2D eigenvalue weighted by atomic mass is 9.65. The van der Waals surface area contributed by atoms with E-state index in [1.165, 1.54) is 47.7 Å². The average Bonchev–Trinajstić information content (AvgIpc) is 2.56. The first kappa shape index (κ1) is 15.9. The highest BCUT2D eigenvalue weighted by Gasteiger charge is 2.34. The zero-order valence-electron chi connectivity index (χ0n) is 13.5. The van der Waals surface area contributed by atoms with Crippen LogP contribution in [0.4, 0.5) is 0 Å². The predicted octanol–water partition coefficient (Wildman–Crippen LogP) is 7.34. The summed E-state index contributed by atoms with van der Waals surface area (Å²) in [5.74, 6) is 2.64. The normalized spacial score (nSPS) is 26.0. The lowest BCUT2D eigenvalue weighted by Crippen LogP contribution is -2.28. The Morgan fingerprint density at radius 2 is 1.78 bits per heavy atom. The Labute approximate surface area is 155 Å². The molecular weight excluding hydrogens is 412 g/mol. The second kappa shape index (κ2) is 6.37. The Morgan fingerprint density at radius 1 is 1.00 bits per heavy atom. The maximum Gasteiger partial charge on any atom is 0.0256 e. The van der Waals surface area contributed by atoms with Crippen LogP contribution >= 0.6 is 31.9 Å². The molecule has 0 aromatic heterocycles. The van der Waals surface area contributed by atoms with E-state index in [-0.39, 0.29) is 0 Å². The van der Waals surface area contributed by atoms with Crippen LogP contribution < -0.4 is 0 Å². The number of benzene rings is 2. The molecule has 0 saturated heterocycles. The van der Waals surface area contributed by atoms with E-state index in [0.717, 1.165) is 22.2 Å². The topological polar surface area (TPSA) is 0 Å². The van der Waals surface area contributed by atoms with Crippen molar-refractivity contribution in [1.82, 2.24) is 0 Å². The van der Waals surface area contributed by atoms with Crippen LogP contribution in [-0.4, -0.2) is 0 Å². The van der Waals surface area contributed by atoms with E-state index < -0.39 is 0 Å². The van der Waals surface area contributed by atoms with Gasteiger partial charge in [-0.1, -0.05) is 57.3 Å². The van der Waals surface area contributed by atoms with Crippen LogP contribution in [-0.2, 0) is 6.42 Å². The molecule has 0 nitrogen and oxygen atoms in total. The Kier molecular flexibility index (Phi) is 4.40. The Morgan fingerprint density at radius 3 is 2.52 bits per heavy atom. The first-order valence-electron chi connectivity index (χ1n) is 8.72. The van der Waals surface area contributed by atoms with Crippen molar-refractivity contribution in [3.8, 4) is 11.1 Å². The SMILES string of the molecule is CCC1CC2Cc3cc(-c4ccc(Br)cc4)c(Br)cc3C(C1)C2. The van der Waals surface area contributed by atoms with Gasteiger partial charge < -0.3 is 0 Å². The summed E-state index contributed by atoms with van der Waals surface area (Å²) in [6, 6.07) is 13.5. The molecule has 0 aliphatic heterocycles. The van der Waals surface area contributed by atoms with Crippen LogP contribution in [0.5, 0.6) is 0 Å². The van der Waals surface area contributed by atoms with Crippen molar-refractivity contribution >= 4 is 31.9 Å². The zero-order valence-corrected chi connectivity index (χ0v) is 16.7. The fraction of sp³-hybridized carbons (Fsp3) is 0.429. The third kappa shape index (κ3) is 3.05. The summed E-state index contributed by atoms with van der Waals surface area (Å²) in [5.41, 5.74) is 5.85. The molecule has 2 heteroatoms. The number of fused-ring (bicyclic) bond motifs is 4. The van der Waals surface area contributed by atoms with E-state index in [4.69, 9.17) is 0 Å². The van der Waals surface area contributed by atoms with E-state index in [0.29, 0.717) is 0 Å². The first-order valence-corrected chi connectivity index (χ1v) is 10.3. The molecule has 23 heavy (non-hydrogen) atoms. The second-order valence-electron chi connectivity index (χ2n) is 7.29. The molecule has 4 rings (SSSR count). The van der Waals surface area contributed by atoms with Crippen LogP contribution in [0.25, 0.3) is 11.1 Å². The molecule has 0 N–H and O–H groups in total. The monoisotopic (exact) mass is 432 g/mol. The molecule has 0 radical (unpaired) electrons. The summed E-state index contributed by atoms with van der Waals surface area (Å²) in [6.07, 6.45) is 6.87. The maximum absolute atomic E-state index is 3.84. The Bertz CT molecular complexity index is 717. The largest absolute Gasteiger partial charge is 0.0651 e. The van der Waals surface area contributed by atoms with Gasteiger partial charge in [-0.25, -0.2) is 0 Å². The molecule has 0 spiro atoms. The summed E-state index contributed by atoms with van der Waals surface area (Å²) >= 11 is 7.37. The van der Waals surface area contributed by atoms with E-state index >= 15 is 0 Å². The van der Waals surface area contributed by atoms with Crippen LogP contribution in [0.3, 0.4) is 0 Å². The van der Waals surface area contributed by atoms with E-state index in [2.05, 4.69) is 75.2 Å². The second-order valence-corrected chi connectivity index (χ2v) is 9.06. The fourth-order valence-electron chi connectivity index (χ4n) is 4.67. The van der Waals surface area contributed by atoms with Gasteiger partial charge in [0.25, 0.3) is 0 Å². The summed E-state index contributed by atoms with van der Waals surface area (Å²) in [4.78, 5) is 0. The van der Waals surface area contributed by atoms with Crippen LogP contribution in [0, 0.1) is 11.8 Å². The van der Waals surface area contributed by atoms with Crippen molar-refractivity contribution < 1.29 is 0 Å². The van der Waals surface area contributed by atoms with Crippen LogP contribution in [0.15, 0.2) is 45.3 Å². The van der Waals surface area contributed by atoms with Gasteiger partial charge in [-0.15, -0.1) is 0 Å². The smallest absolute Gasteiger partial charge is 0.0256 e. The number of hydrogen-bond donors (Lipinski definition) is 0. The van der Waals surface area contributed by atoms with Crippen molar-refractivity contribution in [1.29, 1.82) is 0 Å². The molecular formula is C21H22Br2. The van der Waals surface area contributed by atoms with Gasteiger partial charge >= 0.3 is 0 Å². The lowest BCUT2D eigenvalue weighted by molar-refractivity contribution is 0.217. The van der Waals surface area contributed by atoms with Gasteiger partial charge in [-0.2, -0.15) is 0 Å². The van der Waals surface area contributed by atoms with Crippen molar-refractivity contribution in [3.05, 3.63) is 56.5 Å². The molecule has 1 saturated carbocycles. The minimum atomic E-state index is 0.790. The highest BCUT2D eigenvalue weighted by Crippen LogP contribution is 2.48. The maximum atomic E-state index is 3.84. The lowest BCUT2D eigenvalue weighted by Gasteiger charge is -2.40. The molecule has 0 amide bonds. The molecule has 2 aromatic rings. The molecule has 2 bridgehead atoms. The van der Waals surface area contributed by atoms with Gasteiger partial charge in [0.05, 0.1) is 0 Å². The molecule has 2 aromatic carbocycles. The number of hydrogen-bond acceptors (Lipinski definition) is 0. The van der Waals surface area contributed by atoms with Gasteiger partial charge in [0.15, 0.2) is 0 Å². The van der Waals surface area contributed by atoms with Crippen molar-refractivity contribution in [2.75, 3.05) is 0 Å². The number of halogens is 2. The molecule has 2 aliphatic rings. The predicted molar refractivity (Wildman–Crippen MR) is 105 cm³/mol. The van der Waals surface area contributed by atoms with Crippen molar-refractivity contribution in [2.24, 2.45) is 11.8 Å². The summed E-state index contributed by atoms with van der Waals surface area (Å²) in [5, 5.41) is 0.